The lowest BCUT2D eigenvalue weighted by Gasteiger charge is -2.37. The van der Waals surface area contributed by atoms with Gasteiger partial charge < -0.3 is 15.4 Å². The molecule has 2 N–H and O–H groups in total. The zero-order valence-electron chi connectivity index (χ0n) is 15.2. The molecule has 4 nitrogen and oxygen atoms in total. The van der Waals surface area contributed by atoms with Crippen molar-refractivity contribution in [2.24, 2.45) is 5.41 Å². The Morgan fingerprint density at radius 3 is 2.54 bits per heavy atom. The lowest BCUT2D eigenvalue weighted by Crippen LogP contribution is -2.47. The molecule has 1 fully saturated rings. The first-order valence-electron chi connectivity index (χ1n) is 9.02. The van der Waals surface area contributed by atoms with Gasteiger partial charge in [-0.05, 0) is 50.2 Å². The molecular formula is C21H26N2O2S. The Bertz CT molecular complexity index is 709. The summed E-state index contributed by atoms with van der Waals surface area (Å²) in [6.07, 6.45) is 2.03. The van der Waals surface area contributed by atoms with Crippen molar-refractivity contribution in [3.05, 3.63) is 60.2 Å². The van der Waals surface area contributed by atoms with E-state index in [-0.39, 0.29) is 11.3 Å². The summed E-state index contributed by atoms with van der Waals surface area (Å²) in [6, 6.07) is 17.9. The molecule has 138 valence electrons. The van der Waals surface area contributed by atoms with E-state index in [1.54, 1.807) is 18.9 Å². The number of carbonyl (C=O) groups excluding carboxylic acids is 1. The van der Waals surface area contributed by atoms with Crippen LogP contribution in [-0.4, -0.2) is 39.3 Å². The van der Waals surface area contributed by atoms with Gasteiger partial charge in [0.1, 0.15) is 0 Å². The maximum absolute atomic E-state index is 12.9. The SMILES string of the molecule is COCC1(CNC(=O)c2ccccc2Sc2ccccc2)CCNCC1. The van der Waals surface area contributed by atoms with Crippen LogP contribution in [-0.2, 0) is 4.74 Å². The van der Waals surface area contributed by atoms with Gasteiger partial charge in [0.15, 0.2) is 0 Å². The Balaban J connectivity index is 1.69. The van der Waals surface area contributed by atoms with E-state index < -0.39 is 0 Å². The molecular weight excluding hydrogens is 344 g/mol. The van der Waals surface area contributed by atoms with Crippen molar-refractivity contribution in [2.75, 3.05) is 33.4 Å². The Morgan fingerprint density at radius 2 is 1.81 bits per heavy atom. The molecule has 1 aliphatic heterocycles. The molecule has 0 bridgehead atoms. The van der Waals surface area contributed by atoms with Crippen LogP contribution in [0.15, 0.2) is 64.4 Å². The minimum Gasteiger partial charge on any atom is -0.384 e. The first-order chi connectivity index (χ1) is 12.7. The van der Waals surface area contributed by atoms with E-state index in [2.05, 4.69) is 22.8 Å². The Kier molecular flexibility index (Phi) is 6.72. The Hall–Kier alpha value is -1.82. The van der Waals surface area contributed by atoms with Gasteiger partial charge in [-0.3, -0.25) is 4.79 Å². The topological polar surface area (TPSA) is 50.4 Å². The quantitative estimate of drug-likeness (QED) is 0.782. The van der Waals surface area contributed by atoms with E-state index in [1.165, 1.54) is 0 Å². The first kappa shape index (κ1) is 19.0. The number of carbonyl (C=O) groups is 1. The third-order valence-electron chi connectivity index (χ3n) is 4.84. The normalized spacial score (nSPS) is 16.2. The van der Waals surface area contributed by atoms with Crippen LogP contribution in [0.1, 0.15) is 23.2 Å². The molecule has 3 rings (SSSR count). The number of ether oxygens (including phenoxy) is 1. The molecule has 26 heavy (non-hydrogen) atoms. The zero-order chi connectivity index (χ0) is 18.2. The van der Waals surface area contributed by atoms with E-state index in [0.717, 1.165) is 41.3 Å². The summed E-state index contributed by atoms with van der Waals surface area (Å²) in [5.41, 5.74) is 0.750. The number of hydrogen-bond acceptors (Lipinski definition) is 4. The van der Waals surface area contributed by atoms with Gasteiger partial charge >= 0.3 is 0 Å². The predicted molar refractivity (Wildman–Crippen MR) is 106 cm³/mol. The van der Waals surface area contributed by atoms with Crippen molar-refractivity contribution in [3.8, 4) is 0 Å². The number of piperidine rings is 1. The van der Waals surface area contributed by atoms with Gasteiger partial charge in [0.25, 0.3) is 5.91 Å². The maximum atomic E-state index is 12.9. The van der Waals surface area contributed by atoms with E-state index in [9.17, 15) is 4.79 Å². The van der Waals surface area contributed by atoms with Crippen LogP contribution >= 0.6 is 11.8 Å². The smallest absolute Gasteiger partial charge is 0.252 e. The lowest BCUT2D eigenvalue weighted by molar-refractivity contribution is 0.0511. The highest BCUT2D eigenvalue weighted by Crippen LogP contribution is 2.31. The molecule has 2 aromatic carbocycles. The van der Waals surface area contributed by atoms with Crippen LogP contribution in [0.4, 0.5) is 0 Å². The molecule has 1 amide bonds. The fraction of sp³-hybridized carbons (Fsp3) is 0.381. The highest BCUT2D eigenvalue weighted by Gasteiger charge is 2.32. The molecule has 1 saturated heterocycles. The van der Waals surface area contributed by atoms with Gasteiger partial charge in [-0.2, -0.15) is 0 Å². The van der Waals surface area contributed by atoms with Crippen LogP contribution in [0.3, 0.4) is 0 Å². The summed E-state index contributed by atoms with van der Waals surface area (Å²) >= 11 is 1.62. The van der Waals surface area contributed by atoms with Gasteiger partial charge in [0, 0.05) is 28.9 Å². The average Bonchev–Trinajstić information content (AvgIpc) is 2.68. The molecule has 0 radical (unpaired) electrons. The van der Waals surface area contributed by atoms with Gasteiger partial charge in [-0.25, -0.2) is 0 Å². The first-order valence-corrected chi connectivity index (χ1v) is 9.84. The standard InChI is InChI=1S/C21H26N2O2S/c1-25-16-21(11-13-22-14-12-21)15-23-20(24)18-9-5-6-10-19(18)26-17-7-3-2-4-8-17/h2-10,22H,11-16H2,1H3,(H,23,24). The molecule has 2 aromatic rings. The Morgan fingerprint density at radius 1 is 1.12 bits per heavy atom. The van der Waals surface area contributed by atoms with Crippen molar-refractivity contribution >= 4 is 17.7 Å². The van der Waals surface area contributed by atoms with Gasteiger partial charge in [0.2, 0.25) is 0 Å². The third-order valence-corrected chi connectivity index (χ3v) is 5.93. The summed E-state index contributed by atoms with van der Waals surface area (Å²) in [7, 11) is 1.73. The molecule has 0 atom stereocenters. The van der Waals surface area contributed by atoms with Crippen molar-refractivity contribution < 1.29 is 9.53 Å². The van der Waals surface area contributed by atoms with E-state index >= 15 is 0 Å². The summed E-state index contributed by atoms with van der Waals surface area (Å²) in [5, 5.41) is 6.54. The van der Waals surface area contributed by atoms with Gasteiger partial charge in [-0.15, -0.1) is 0 Å². The maximum Gasteiger partial charge on any atom is 0.252 e. The van der Waals surface area contributed by atoms with Crippen LogP contribution in [0.2, 0.25) is 0 Å². The molecule has 1 aliphatic rings. The zero-order valence-corrected chi connectivity index (χ0v) is 16.0. The second kappa shape index (κ2) is 9.21. The van der Waals surface area contributed by atoms with Crippen LogP contribution in [0.5, 0.6) is 0 Å². The Labute approximate surface area is 159 Å². The number of hydrogen-bond donors (Lipinski definition) is 2. The summed E-state index contributed by atoms with van der Waals surface area (Å²) in [6.45, 7) is 3.26. The number of methoxy groups -OCH3 is 1. The molecule has 0 spiro atoms. The van der Waals surface area contributed by atoms with Crippen molar-refractivity contribution in [1.82, 2.24) is 10.6 Å². The highest BCUT2D eigenvalue weighted by atomic mass is 32.2. The highest BCUT2D eigenvalue weighted by molar-refractivity contribution is 7.99. The number of amides is 1. The number of rotatable bonds is 7. The molecule has 0 aromatic heterocycles. The lowest BCUT2D eigenvalue weighted by atomic mass is 9.79. The van der Waals surface area contributed by atoms with E-state index in [0.29, 0.717) is 13.2 Å². The fourth-order valence-electron chi connectivity index (χ4n) is 3.36. The second-order valence-corrected chi connectivity index (χ2v) is 7.89. The largest absolute Gasteiger partial charge is 0.384 e. The minimum absolute atomic E-state index is 0.0157. The predicted octanol–water partition coefficient (Wildman–Crippen LogP) is 3.58. The van der Waals surface area contributed by atoms with Crippen LogP contribution in [0.25, 0.3) is 0 Å². The molecule has 0 aliphatic carbocycles. The number of nitrogens with one attached hydrogen (secondary N) is 2. The monoisotopic (exact) mass is 370 g/mol. The second-order valence-electron chi connectivity index (χ2n) is 6.78. The molecule has 0 unspecified atom stereocenters. The van der Waals surface area contributed by atoms with E-state index in [4.69, 9.17) is 4.74 Å². The van der Waals surface area contributed by atoms with Crippen molar-refractivity contribution in [2.45, 2.75) is 22.6 Å². The molecule has 1 heterocycles. The number of benzene rings is 2. The van der Waals surface area contributed by atoms with Crippen LogP contribution in [0, 0.1) is 5.41 Å². The average molecular weight is 371 g/mol. The van der Waals surface area contributed by atoms with E-state index in [1.807, 2.05) is 42.5 Å². The third kappa shape index (κ3) is 4.87. The molecule has 5 heteroatoms. The van der Waals surface area contributed by atoms with Crippen molar-refractivity contribution in [3.63, 3.8) is 0 Å². The minimum atomic E-state index is -0.0157. The molecule has 0 saturated carbocycles. The fourth-order valence-corrected chi connectivity index (χ4v) is 4.32. The van der Waals surface area contributed by atoms with Gasteiger partial charge in [0.05, 0.1) is 12.2 Å². The van der Waals surface area contributed by atoms with Gasteiger partial charge in [-0.1, -0.05) is 42.1 Å². The summed E-state index contributed by atoms with van der Waals surface area (Å²) in [5.74, 6) is -0.0157. The summed E-state index contributed by atoms with van der Waals surface area (Å²) < 4.78 is 5.44. The summed E-state index contributed by atoms with van der Waals surface area (Å²) in [4.78, 5) is 15.0. The van der Waals surface area contributed by atoms with Crippen LogP contribution < -0.4 is 10.6 Å². The van der Waals surface area contributed by atoms with Crippen molar-refractivity contribution in [1.29, 1.82) is 0 Å².